The number of amides is 2. The first-order valence-electron chi connectivity index (χ1n) is 7.61. The number of nitrogens with one attached hydrogen (secondary N) is 1. The van der Waals surface area contributed by atoms with Crippen molar-refractivity contribution in [2.75, 3.05) is 13.7 Å². The molecule has 124 valence electrons. The molecular weight excluding hydrogens is 324 g/mol. The third-order valence-corrected chi connectivity index (χ3v) is 4.70. The maximum Gasteiger partial charge on any atom is 0.265 e. The summed E-state index contributed by atoms with van der Waals surface area (Å²) in [5.41, 5.74) is 0.974. The highest BCUT2D eigenvalue weighted by Crippen LogP contribution is 2.18. The van der Waals surface area contributed by atoms with Crippen LogP contribution in [0.3, 0.4) is 0 Å². The average molecular weight is 342 g/mol. The number of hydrogen-bond donors (Lipinski definition) is 1. The largest absolute Gasteiger partial charge is 0.497 e. The fourth-order valence-electron chi connectivity index (χ4n) is 2.54. The van der Waals surface area contributed by atoms with Crippen molar-refractivity contribution in [1.82, 2.24) is 10.2 Å². The highest BCUT2D eigenvalue weighted by molar-refractivity contribution is 7.12. The molecule has 0 saturated heterocycles. The minimum absolute atomic E-state index is 0.111. The van der Waals surface area contributed by atoms with Crippen LogP contribution in [0.4, 0.5) is 0 Å². The van der Waals surface area contributed by atoms with E-state index in [4.69, 9.17) is 4.74 Å². The Balaban J connectivity index is 1.61. The lowest BCUT2D eigenvalue weighted by atomic mass is 10.2. The van der Waals surface area contributed by atoms with Gasteiger partial charge < -0.3 is 15.0 Å². The van der Waals surface area contributed by atoms with Crippen LogP contribution in [-0.2, 0) is 11.3 Å². The van der Waals surface area contributed by atoms with E-state index in [0.717, 1.165) is 11.3 Å². The summed E-state index contributed by atoms with van der Waals surface area (Å²) in [4.78, 5) is 27.1. The Morgan fingerprint density at radius 2 is 2.08 bits per heavy atom. The van der Waals surface area contributed by atoms with Crippen molar-refractivity contribution in [3.8, 4) is 5.75 Å². The molecule has 2 heterocycles. The molecule has 6 heteroatoms. The van der Waals surface area contributed by atoms with Crippen LogP contribution >= 0.6 is 11.3 Å². The molecular formula is C18H18N2O3S. The average Bonchev–Trinajstić information content (AvgIpc) is 3.31. The van der Waals surface area contributed by atoms with Crippen molar-refractivity contribution in [2.24, 2.45) is 0 Å². The summed E-state index contributed by atoms with van der Waals surface area (Å²) in [6.45, 7) is 0.867. The van der Waals surface area contributed by atoms with Crippen molar-refractivity contribution in [2.45, 2.75) is 12.6 Å². The number of nitrogens with zero attached hydrogens (tertiary/aromatic N) is 1. The van der Waals surface area contributed by atoms with Gasteiger partial charge in [0.2, 0.25) is 5.91 Å². The summed E-state index contributed by atoms with van der Waals surface area (Å²) in [5, 5.41) is 4.74. The molecule has 0 spiro atoms. The summed E-state index contributed by atoms with van der Waals surface area (Å²) in [7, 11) is 1.61. The molecule has 0 bridgehead atoms. The predicted octanol–water partition coefficient (Wildman–Crippen LogP) is 2.45. The van der Waals surface area contributed by atoms with E-state index >= 15 is 0 Å². The number of thiophene rings is 1. The van der Waals surface area contributed by atoms with Crippen molar-refractivity contribution >= 4 is 23.2 Å². The first-order chi connectivity index (χ1) is 11.7. The van der Waals surface area contributed by atoms with Crippen LogP contribution in [0.1, 0.15) is 15.2 Å². The highest BCUT2D eigenvalue weighted by Gasteiger charge is 2.31. The van der Waals surface area contributed by atoms with Crippen LogP contribution < -0.4 is 10.1 Å². The van der Waals surface area contributed by atoms with Gasteiger partial charge in [-0.25, -0.2) is 0 Å². The Kier molecular flexibility index (Phi) is 4.96. The van der Waals surface area contributed by atoms with Crippen LogP contribution in [0.2, 0.25) is 0 Å². The number of benzene rings is 1. The monoisotopic (exact) mass is 342 g/mol. The second-order valence-electron chi connectivity index (χ2n) is 5.37. The van der Waals surface area contributed by atoms with Crippen LogP contribution in [0.25, 0.3) is 0 Å². The Labute approximate surface area is 144 Å². The smallest absolute Gasteiger partial charge is 0.265 e. The van der Waals surface area contributed by atoms with Crippen LogP contribution in [-0.4, -0.2) is 36.4 Å². The van der Waals surface area contributed by atoms with Gasteiger partial charge in [0, 0.05) is 13.1 Å². The van der Waals surface area contributed by atoms with E-state index in [1.54, 1.807) is 24.2 Å². The molecule has 0 radical (unpaired) electrons. The van der Waals surface area contributed by atoms with E-state index in [1.165, 1.54) is 11.3 Å². The Morgan fingerprint density at radius 3 is 2.75 bits per heavy atom. The molecule has 0 aliphatic carbocycles. The summed E-state index contributed by atoms with van der Waals surface area (Å²) in [6, 6.07) is 10.6. The second-order valence-corrected chi connectivity index (χ2v) is 6.32. The second kappa shape index (κ2) is 7.31. The quantitative estimate of drug-likeness (QED) is 0.849. The Bertz CT molecular complexity index is 738. The van der Waals surface area contributed by atoms with Gasteiger partial charge in [-0.05, 0) is 29.1 Å². The molecule has 1 aromatic carbocycles. The minimum atomic E-state index is -0.558. The van der Waals surface area contributed by atoms with Gasteiger partial charge in [0.15, 0.2) is 0 Å². The summed E-state index contributed by atoms with van der Waals surface area (Å²) >= 11 is 1.38. The van der Waals surface area contributed by atoms with E-state index < -0.39 is 6.04 Å². The summed E-state index contributed by atoms with van der Waals surface area (Å²) < 4.78 is 5.11. The number of methoxy groups -OCH3 is 1. The topological polar surface area (TPSA) is 58.6 Å². The van der Waals surface area contributed by atoms with Gasteiger partial charge in [-0.1, -0.05) is 30.4 Å². The zero-order valence-electron chi connectivity index (χ0n) is 13.3. The number of ether oxygens (including phenoxy) is 1. The molecule has 1 aromatic heterocycles. The predicted molar refractivity (Wildman–Crippen MR) is 93.1 cm³/mol. The maximum absolute atomic E-state index is 12.5. The lowest BCUT2D eigenvalue weighted by Crippen LogP contribution is -2.45. The molecule has 1 atom stereocenters. The van der Waals surface area contributed by atoms with Gasteiger partial charge in [-0.3, -0.25) is 9.59 Å². The van der Waals surface area contributed by atoms with Gasteiger partial charge in [-0.2, -0.15) is 0 Å². The zero-order chi connectivity index (χ0) is 16.9. The minimum Gasteiger partial charge on any atom is -0.497 e. The standard InChI is InChI=1S/C18H18N2O3S/c1-23-14-8-6-13(7-9-14)12-19-17(21)15-4-2-10-20(15)18(22)16-5-3-11-24-16/h2-9,11,15H,10,12H2,1H3,(H,19,21)/t15-/m1/s1. The molecule has 24 heavy (non-hydrogen) atoms. The number of hydrogen-bond acceptors (Lipinski definition) is 4. The normalized spacial score (nSPS) is 16.2. The van der Waals surface area contributed by atoms with Crippen molar-refractivity contribution < 1.29 is 14.3 Å². The molecule has 1 N–H and O–H groups in total. The number of carbonyl (C=O) groups is 2. The third kappa shape index (κ3) is 3.49. The zero-order valence-corrected chi connectivity index (χ0v) is 14.1. The number of rotatable bonds is 5. The van der Waals surface area contributed by atoms with Gasteiger partial charge in [0.1, 0.15) is 11.8 Å². The lowest BCUT2D eigenvalue weighted by molar-refractivity contribution is -0.123. The fourth-order valence-corrected chi connectivity index (χ4v) is 3.22. The van der Waals surface area contributed by atoms with Crippen LogP contribution in [0.5, 0.6) is 5.75 Å². The SMILES string of the molecule is COc1ccc(CNC(=O)[C@H]2C=CCN2C(=O)c2cccs2)cc1. The molecule has 0 saturated carbocycles. The van der Waals surface area contributed by atoms with Gasteiger partial charge in [-0.15, -0.1) is 11.3 Å². The van der Waals surface area contributed by atoms with E-state index in [0.29, 0.717) is 18.0 Å². The highest BCUT2D eigenvalue weighted by atomic mass is 32.1. The van der Waals surface area contributed by atoms with E-state index in [-0.39, 0.29) is 11.8 Å². The third-order valence-electron chi connectivity index (χ3n) is 3.84. The molecule has 1 aliphatic rings. The van der Waals surface area contributed by atoms with Crippen molar-refractivity contribution in [3.05, 3.63) is 64.4 Å². The first-order valence-corrected chi connectivity index (χ1v) is 8.49. The van der Waals surface area contributed by atoms with Crippen LogP contribution in [0.15, 0.2) is 53.9 Å². The molecule has 2 amide bonds. The lowest BCUT2D eigenvalue weighted by Gasteiger charge is -2.23. The van der Waals surface area contributed by atoms with Gasteiger partial charge in [0.05, 0.1) is 12.0 Å². The van der Waals surface area contributed by atoms with Gasteiger partial charge in [0.25, 0.3) is 5.91 Å². The fraction of sp³-hybridized carbons (Fsp3) is 0.222. The Hall–Kier alpha value is -2.60. The van der Waals surface area contributed by atoms with Crippen molar-refractivity contribution in [3.63, 3.8) is 0 Å². The molecule has 0 fully saturated rings. The van der Waals surface area contributed by atoms with E-state index in [2.05, 4.69) is 5.32 Å². The molecule has 1 aliphatic heterocycles. The van der Waals surface area contributed by atoms with E-state index in [1.807, 2.05) is 41.8 Å². The summed E-state index contributed by atoms with van der Waals surface area (Å²) in [6.07, 6.45) is 3.62. The summed E-state index contributed by atoms with van der Waals surface area (Å²) in [5.74, 6) is 0.487. The number of carbonyl (C=O) groups excluding carboxylic acids is 2. The molecule has 2 aromatic rings. The van der Waals surface area contributed by atoms with Crippen molar-refractivity contribution in [1.29, 1.82) is 0 Å². The van der Waals surface area contributed by atoms with Gasteiger partial charge >= 0.3 is 0 Å². The van der Waals surface area contributed by atoms with Crippen LogP contribution in [0, 0.1) is 0 Å². The molecule has 3 rings (SSSR count). The molecule has 0 unspecified atom stereocenters. The van der Waals surface area contributed by atoms with E-state index in [9.17, 15) is 9.59 Å². The first kappa shape index (κ1) is 16.3. The Morgan fingerprint density at radius 1 is 1.29 bits per heavy atom. The maximum atomic E-state index is 12.5. The molecule has 5 nitrogen and oxygen atoms in total.